The monoisotopic (exact) mass is 310 g/mol. The molecule has 1 fully saturated rings. The highest BCUT2D eigenvalue weighted by Crippen LogP contribution is 2.42. The number of benzene rings is 2. The molecule has 3 rings (SSSR count). The SMILES string of the molecule is CC(=O)O[C@@H]1[C@H](O)[C@@H](c2ccccc2)CC[C@@H]1c1ccccc1. The van der Waals surface area contributed by atoms with E-state index < -0.39 is 12.2 Å². The Morgan fingerprint density at radius 3 is 1.91 bits per heavy atom. The van der Waals surface area contributed by atoms with Crippen LogP contribution in [0.4, 0.5) is 0 Å². The van der Waals surface area contributed by atoms with Crippen molar-refractivity contribution in [1.29, 1.82) is 0 Å². The number of ether oxygens (including phenoxy) is 1. The highest BCUT2D eigenvalue weighted by atomic mass is 16.6. The third-order valence-electron chi connectivity index (χ3n) is 4.69. The van der Waals surface area contributed by atoms with Crippen molar-refractivity contribution in [3.05, 3.63) is 71.8 Å². The summed E-state index contributed by atoms with van der Waals surface area (Å²) in [5.74, 6) is -0.306. The zero-order chi connectivity index (χ0) is 16.2. The Balaban J connectivity index is 1.89. The summed E-state index contributed by atoms with van der Waals surface area (Å²) in [5.41, 5.74) is 2.22. The number of carbonyl (C=O) groups excluding carboxylic acids is 1. The molecule has 3 nitrogen and oxygen atoms in total. The molecule has 4 atom stereocenters. The average molecular weight is 310 g/mol. The van der Waals surface area contributed by atoms with Crippen LogP contribution in [0.5, 0.6) is 0 Å². The summed E-state index contributed by atoms with van der Waals surface area (Å²) in [4.78, 5) is 11.5. The number of carbonyl (C=O) groups is 1. The van der Waals surface area contributed by atoms with Gasteiger partial charge in [-0.2, -0.15) is 0 Å². The van der Waals surface area contributed by atoms with Crippen LogP contribution in [0.3, 0.4) is 0 Å². The maximum atomic E-state index is 11.5. The van der Waals surface area contributed by atoms with Crippen molar-refractivity contribution >= 4 is 5.97 Å². The lowest BCUT2D eigenvalue weighted by atomic mass is 9.72. The van der Waals surface area contributed by atoms with Crippen LogP contribution in [0.25, 0.3) is 0 Å². The summed E-state index contributed by atoms with van der Waals surface area (Å²) in [5, 5.41) is 10.9. The maximum Gasteiger partial charge on any atom is 0.303 e. The normalized spacial score (nSPS) is 27.4. The highest BCUT2D eigenvalue weighted by molar-refractivity contribution is 5.66. The Labute approximate surface area is 136 Å². The van der Waals surface area contributed by atoms with Gasteiger partial charge in [0.15, 0.2) is 0 Å². The molecular weight excluding hydrogens is 288 g/mol. The lowest BCUT2D eigenvalue weighted by molar-refractivity contribution is -0.158. The lowest BCUT2D eigenvalue weighted by Crippen LogP contribution is -2.43. The number of aliphatic hydroxyl groups is 1. The van der Waals surface area contributed by atoms with E-state index >= 15 is 0 Å². The summed E-state index contributed by atoms with van der Waals surface area (Å²) in [6.07, 6.45) is 0.565. The van der Waals surface area contributed by atoms with Crippen LogP contribution in [0.1, 0.15) is 42.7 Å². The molecule has 23 heavy (non-hydrogen) atoms. The van der Waals surface area contributed by atoms with Gasteiger partial charge >= 0.3 is 5.97 Å². The second-order valence-electron chi connectivity index (χ2n) is 6.18. The van der Waals surface area contributed by atoms with E-state index in [4.69, 9.17) is 4.74 Å². The van der Waals surface area contributed by atoms with Gasteiger partial charge in [-0.3, -0.25) is 4.79 Å². The minimum Gasteiger partial charge on any atom is -0.459 e. The maximum absolute atomic E-state index is 11.5. The van der Waals surface area contributed by atoms with Gasteiger partial charge in [0, 0.05) is 18.8 Å². The van der Waals surface area contributed by atoms with Crippen molar-refractivity contribution in [3.63, 3.8) is 0 Å². The molecule has 1 N–H and O–H groups in total. The van der Waals surface area contributed by atoms with Crippen LogP contribution in [-0.4, -0.2) is 23.3 Å². The molecular formula is C20H22O3. The number of hydrogen-bond donors (Lipinski definition) is 1. The van der Waals surface area contributed by atoms with Crippen LogP contribution in [-0.2, 0) is 9.53 Å². The van der Waals surface area contributed by atoms with Crippen molar-refractivity contribution in [2.24, 2.45) is 0 Å². The van der Waals surface area contributed by atoms with E-state index in [1.54, 1.807) is 0 Å². The van der Waals surface area contributed by atoms with Gasteiger partial charge in [-0.25, -0.2) is 0 Å². The quantitative estimate of drug-likeness (QED) is 0.880. The van der Waals surface area contributed by atoms with Gasteiger partial charge in [-0.05, 0) is 24.0 Å². The predicted octanol–water partition coefficient (Wildman–Crippen LogP) is 3.64. The molecule has 1 aliphatic rings. The van der Waals surface area contributed by atoms with Crippen LogP contribution in [0.15, 0.2) is 60.7 Å². The van der Waals surface area contributed by atoms with Crippen molar-refractivity contribution in [3.8, 4) is 0 Å². The van der Waals surface area contributed by atoms with E-state index in [2.05, 4.69) is 0 Å². The summed E-state index contributed by atoms with van der Waals surface area (Å²) < 4.78 is 5.53. The van der Waals surface area contributed by atoms with Gasteiger partial charge in [0.25, 0.3) is 0 Å². The fourth-order valence-electron chi connectivity index (χ4n) is 3.63. The molecule has 0 heterocycles. The van der Waals surface area contributed by atoms with E-state index in [-0.39, 0.29) is 17.8 Å². The number of aliphatic hydroxyl groups excluding tert-OH is 1. The van der Waals surface area contributed by atoms with Crippen LogP contribution < -0.4 is 0 Å². The molecule has 0 aliphatic heterocycles. The van der Waals surface area contributed by atoms with Crippen molar-refractivity contribution in [1.82, 2.24) is 0 Å². The Kier molecular flexibility index (Phi) is 4.77. The van der Waals surface area contributed by atoms with E-state index in [1.807, 2.05) is 60.7 Å². The predicted molar refractivity (Wildman–Crippen MR) is 89.2 cm³/mol. The topological polar surface area (TPSA) is 46.5 Å². The molecule has 0 spiro atoms. The van der Waals surface area contributed by atoms with Crippen LogP contribution >= 0.6 is 0 Å². The first-order valence-electron chi connectivity index (χ1n) is 8.12. The van der Waals surface area contributed by atoms with Gasteiger partial charge in [0.05, 0.1) is 6.10 Å². The second kappa shape index (κ2) is 6.97. The molecule has 3 heteroatoms. The van der Waals surface area contributed by atoms with Crippen molar-refractivity contribution < 1.29 is 14.6 Å². The van der Waals surface area contributed by atoms with E-state index in [9.17, 15) is 9.90 Å². The number of esters is 1. The minimum atomic E-state index is -0.694. The Bertz CT molecular complexity index is 638. The summed E-state index contributed by atoms with van der Waals surface area (Å²) >= 11 is 0. The molecule has 1 aliphatic carbocycles. The molecule has 1 saturated carbocycles. The Morgan fingerprint density at radius 2 is 1.39 bits per heavy atom. The smallest absolute Gasteiger partial charge is 0.303 e. The van der Waals surface area contributed by atoms with E-state index in [1.165, 1.54) is 6.92 Å². The molecule has 0 radical (unpaired) electrons. The third-order valence-corrected chi connectivity index (χ3v) is 4.69. The summed E-state index contributed by atoms with van der Waals surface area (Å²) in [6, 6.07) is 20.0. The zero-order valence-corrected chi connectivity index (χ0v) is 13.3. The van der Waals surface area contributed by atoms with Crippen molar-refractivity contribution in [2.75, 3.05) is 0 Å². The zero-order valence-electron chi connectivity index (χ0n) is 13.3. The molecule has 0 amide bonds. The standard InChI is InChI=1S/C20H22O3/c1-14(21)23-20-18(16-10-6-3-7-11-16)13-12-17(19(20)22)15-8-4-2-5-9-15/h2-11,17-20,22H,12-13H2,1H3/t17-,18-,19-,20+/m1/s1. The molecule has 0 aromatic heterocycles. The van der Waals surface area contributed by atoms with Gasteiger partial charge in [0.2, 0.25) is 0 Å². The fraction of sp³-hybridized carbons (Fsp3) is 0.350. The highest BCUT2D eigenvalue weighted by Gasteiger charge is 2.41. The lowest BCUT2D eigenvalue weighted by Gasteiger charge is -2.40. The molecule has 2 aromatic carbocycles. The minimum absolute atomic E-state index is 0.000474. The Morgan fingerprint density at radius 1 is 0.913 bits per heavy atom. The third kappa shape index (κ3) is 3.45. The molecule has 0 bridgehead atoms. The second-order valence-corrected chi connectivity index (χ2v) is 6.18. The molecule has 2 aromatic rings. The summed E-state index contributed by atoms with van der Waals surface area (Å²) in [6.45, 7) is 1.40. The van der Waals surface area contributed by atoms with Crippen LogP contribution in [0, 0.1) is 0 Å². The molecule has 0 unspecified atom stereocenters. The van der Waals surface area contributed by atoms with E-state index in [0.717, 1.165) is 24.0 Å². The van der Waals surface area contributed by atoms with Gasteiger partial charge < -0.3 is 9.84 Å². The Hall–Kier alpha value is -2.13. The van der Waals surface area contributed by atoms with E-state index in [0.29, 0.717) is 0 Å². The van der Waals surface area contributed by atoms with Gasteiger partial charge in [0.1, 0.15) is 6.10 Å². The van der Waals surface area contributed by atoms with Gasteiger partial charge in [-0.15, -0.1) is 0 Å². The fourth-order valence-corrected chi connectivity index (χ4v) is 3.63. The largest absolute Gasteiger partial charge is 0.459 e. The first-order chi connectivity index (χ1) is 11.2. The van der Waals surface area contributed by atoms with Crippen molar-refractivity contribution in [2.45, 2.75) is 43.8 Å². The van der Waals surface area contributed by atoms with Crippen LogP contribution in [0.2, 0.25) is 0 Å². The first-order valence-corrected chi connectivity index (χ1v) is 8.12. The molecule has 120 valence electrons. The number of rotatable bonds is 3. The summed E-state index contributed by atoms with van der Waals surface area (Å²) in [7, 11) is 0. The number of hydrogen-bond acceptors (Lipinski definition) is 3. The average Bonchev–Trinajstić information content (AvgIpc) is 2.58. The molecule has 0 saturated heterocycles. The first kappa shape index (κ1) is 15.8. The van der Waals surface area contributed by atoms with Gasteiger partial charge in [-0.1, -0.05) is 60.7 Å².